The summed E-state index contributed by atoms with van der Waals surface area (Å²) in [6.07, 6.45) is 2.90. The van der Waals surface area contributed by atoms with Crippen molar-refractivity contribution < 1.29 is 14.3 Å². The molecule has 1 aromatic heterocycles. The highest BCUT2D eigenvalue weighted by atomic mass is 16.5. The number of methoxy groups -OCH3 is 1. The van der Waals surface area contributed by atoms with E-state index >= 15 is 0 Å². The van der Waals surface area contributed by atoms with E-state index in [1.165, 1.54) is 0 Å². The fourth-order valence-corrected chi connectivity index (χ4v) is 1.38. The Balaban J connectivity index is 2.25. The Labute approximate surface area is 119 Å². The molecule has 7 nitrogen and oxygen atoms in total. The van der Waals surface area contributed by atoms with Crippen molar-refractivity contribution in [1.29, 1.82) is 0 Å². The Morgan fingerprint density at radius 1 is 1.35 bits per heavy atom. The Morgan fingerprint density at radius 3 is 2.95 bits per heavy atom. The molecule has 7 heteroatoms. The predicted molar refractivity (Wildman–Crippen MR) is 75.8 cm³/mol. The lowest BCUT2D eigenvalue weighted by molar-refractivity contribution is -0.121. The van der Waals surface area contributed by atoms with Crippen molar-refractivity contribution in [1.82, 2.24) is 15.3 Å². The lowest BCUT2D eigenvalue weighted by Gasteiger charge is -2.07. The van der Waals surface area contributed by atoms with Gasteiger partial charge in [-0.3, -0.25) is 4.79 Å². The molecule has 0 aromatic carbocycles. The minimum atomic E-state index is -0.0343. The predicted octanol–water partition coefficient (Wildman–Crippen LogP) is 0.830. The number of nitrogens with zero attached hydrogens (tertiary/aromatic N) is 2. The van der Waals surface area contributed by atoms with Gasteiger partial charge in [0.2, 0.25) is 17.7 Å². The Bertz CT molecular complexity index is 401. The lowest BCUT2D eigenvalue weighted by atomic mass is 10.4. The maximum Gasteiger partial charge on any atom is 0.225 e. The standard InChI is InChI=1S/C13H22N4O3/c1-3-9-20-12-5-7-16-13(17-12)15-6-4-11(18)14-8-10-19-2/h5,7H,3-4,6,8-10H2,1-2H3,(H,14,18)(H,15,16,17). The third-order valence-electron chi connectivity index (χ3n) is 2.35. The molecule has 0 saturated heterocycles. The van der Waals surface area contributed by atoms with Gasteiger partial charge < -0.3 is 20.1 Å². The summed E-state index contributed by atoms with van der Waals surface area (Å²) < 4.78 is 10.3. The van der Waals surface area contributed by atoms with Crippen LogP contribution in [0.15, 0.2) is 12.3 Å². The fraction of sp³-hybridized carbons (Fsp3) is 0.615. The van der Waals surface area contributed by atoms with Crippen LogP contribution in [0.5, 0.6) is 5.88 Å². The van der Waals surface area contributed by atoms with E-state index in [4.69, 9.17) is 9.47 Å². The second-order valence-corrected chi connectivity index (χ2v) is 4.09. The first kappa shape index (κ1) is 16.2. The zero-order chi connectivity index (χ0) is 14.6. The van der Waals surface area contributed by atoms with Crippen molar-refractivity contribution in [2.75, 3.05) is 38.7 Å². The molecule has 1 rings (SSSR count). The summed E-state index contributed by atoms with van der Waals surface area (Å²) in [6, 6.07) is 1.71. The van der Waals surface area contributed by atoms with E-state index in [-0.39, 0.29) is 5.91 Å². The molecule has 0 spiro atoms. The van der Waals surface area contributed by atoms with E-state index in [0.717, 1.165) is 6.42 Å². The van der Waals surface area contributed by atoms with E-state index in [9.17, 15) is 4.79 Å². The Hall–Kier alpha value is -1.89. The summed E-state index contributed by atoms with van der Waals surface area (Å²) >= 11 is 0. The van der Waals surface area contributed by atoms with Crippen molar-refractivity contribution in [2.24, 2.45) is 0 Å². The number of nitrogens with one attached hydrogen (secondary N) is 2. The first-order valence-corrected chi connectivity index (χ1v) is 6.71. The van der Waals surface area contributed by atoms with Crippen molar-refractivity contribution in [3.63, 3.8) is 0 Å². The van der Waals surface area contributed by atoms with Gasteiger partial charge in [-0.1, -0.05) is 6.92 Å². The molecule has 0 atom stereocenters. The summed E-state index contributed by atoms with van der Waals surface area (Å²) in [5, 5.41) is 5.73. The molecule has 1 amide bonds. The average molecular weight is 282 g/mol. The van der Waals surface area contributed by atoms with Crippen LogP contribution in [0.4, 0.5) is 5.95 Å². The van der Waals surface area contributed by atoms with Gasteiger partial charge in [-0.05, 0) is 6.42 Å². The van der Waals surface area contributed by atoms with Crippen LogP contribution in [0.2, 0.25) is 0 Å². The van der Waals surface area contributed by atoms with Crippen LogP contribution in [0.1, 0.15) is 19.8 Å². The molecule has 0 bridgehead atoms. The number of carbonyl (C=O) groups is 1. The van der Waals surface area contributed by atoms with Gasteiger partial charge in [0.1, 0.15) is 0 Å². The van der Waals surface area contributed by atoms with E-state index in [2.05, 4.69) is 20.6 Å². The minimum absolute atomic E-state index is 0.0343. The maximum atomic E-state index is 11.4. The molecule has 0 fully saturated rings. The molecule has 0 unspecified atom stereocenters. The van der Waals surface area contributed by atoms with Crippen molar-refractivity contribution >= 4 is 11.9 Å². The minimum Gasteiger partial charge on any atom is -0.478 e. The number of anilines is 1. The number of carbonyl (C=O) groups excluding carboxylic acids is 1. The highest BCUT2D eigenvalue weighted by Crippen LogP contribution is 2.08. The summed E-state index contributed by atoms with van der Waals surface area (Å²) in [4.78, 5) is 19.7. The van der Waals surface area contributed by atoms with E-state index in [1.807, 2.05) is 6.92 Å². The van der Waals surface area contributed by atoms with E-state index in [1.54, 1.807) is 19.4 Å². The van der Waals surface area contributed by atoms with Gasteiger partial charge in [-0.25, -0.2) is 4.98 Å². The van der Waals surface area contributed by atoms with E-state index in [0.29, 0.717) is 44.6 Å². The lowest BCUT2D eigenvalue weighted by Crippen LogP contribution is -2.28. The summed E-state index contributed by atoms with van der Waals surface area (Å²) in [7, 11) is 1.60. The fourth-order valence-electron chi connectivity index (χ4n) is 1.38. The van der Waals surface area contributed by atoms with Crippen LogP contribution in [-0.2, 0) is 9.53 Å². The largest absolute Gasteiger partial charge is 0.478 e. The zero-order valence-corrected chi connectivity index (χ0v) is 12.0. The molecule has 2 N–H and O–H groups in total. The number of aromatic nitrogens is 2. The van der Waals surface area contributed by atoms with Crippen molar-refractivity contribution in [2.45, 2.75) is 19.8 Å². The number of ether oxygens (including phenoxy) is 2. The highest BCUT2D eigenvalue weighted by molar-refractivity contribution is 5.76. The second kappa shape index (κ2) is 9.96. The summed E-state index contributed by atoms with van der Waals surface area (Å²) in [6.45, 7) is 4.15. The first-order valence-electron chi connectivity index (χ1n) is 6.71. The first-order chi connectivity index (χ1) is 9.76. The third-order valence-corrected chi connectivity index (χ3v) is 2.35. The molecule has 0 radical (unpaired) electrons. The molecule has 0 saturated carbocycles. The molecule has 0 aliphatic rings. The van der Waals surface area contributed by atoms with Gasteiger partial charge in [0, 0.05) is 38.9 Å². The molecule has 112 valence electrons. The zero-order valence-electron chi connectivity index (χ0n) is 12.0. The number of amides is 1. The average Bonchev–Trinajstić information content (AvgIpc) is 2.46. The quantitative estimate of drug-likeness (QED) is 0.618. The maximum absolute atomic E-state index is 11.4. The molecular formula is C13H22N4O3. The van der Waals surface area contributed by atoms with Gasteiger partial charge in [0.25, 0.3) is 0 Å². The molecule has 1 aromatic rings. The highest BCUT2D eigenvalue weighted by Gasteiger charge is 2.02. The topological polar surface area (TPSA) is 85.4 Å². The van der Waals surface area contributed by atoms with Crippen LogP contribution < -0.4 is 15.4 Å². The normalized spacial score (nSPS) is 10.1. The second-order valence-electron chi connectivity index (χ2n) is 4.09. The van der Waals surface area contributed by atoms with Crippen LogP contribution >= 0.6 is 0 Å². The molecule has 1 heterocycles. The molecule has 0 aliphatic carbocycles. The third kappa shape index (κ3) is 6.89. The van der Waals surface area contributed by atoms with Crippen LogP contribution in [0, 0.1) is 0 Å². The Kier molecular flexibility index (Phi) is 8.05. The number of rotatable bonds is 10. The molecule has 20 heavy (non-hydrogen) atoms. The number of hydrogen-bond acceptors (Lipinski definition) is 6. The summed E-state index contributed by atoms with van der Waals surface area (Å²) in [5.74, 6) is 0.963. The Morgan fingerprint density at radius 2 is 2.20 bits per heavy atom. The van der Waals surface area contributed by atoms with Crippen LogP contribution in [0.3, 0.4) is 0 Å². The van der Waals surface area contributed by atoms with Crippen LogP contribution in [0.25, 0.3) is 0 Å². The van der Waals surface area contributed by atoms with Crippen molar-refractivity contribution in [3.05, 3.63) is 12.3 Å². The SMILES string of the molecule is CCCOc1ccnc(NCCC(=O)NCCOC)n1. The van der Waals surface area contributed by atoms with Gasteiger partial charge in [-0.15, -0.1) is 0 Å². The van der Waals surface area contributed by atoms with Gasteiger partial charge in [-0.2, -0.15) is 4.98 Å². The van der Waals surface area contributed by atoms with Gasteiger partial charge >= 0.3 is 0 Å². The smallest absolute Gasteiger partial charge is 0.225 e. The van der Waals surface area contributed by atoms with E-state index < -0.39 is 0 Å². The van der Waals surface area contributed by atoms with Gasteiger partial charge in [0.05, 0.1) is 13.2 Å². The molecular weight excluding hydrogens is 260 g/mol. The van der Waals surface area contributed by atoms with Crippen LogP contribution in [-0.4, -0.2) is 49.3 Å². The van der Waals surface area contributed by atoms with Gasteiger partial charge in [0.15, 0.2) is 0 Å². The number of hydrogen-bond donors (Lipinski definition) is 2. The summed E-state index contributed by atoms with van der Waals surface area (Å²) in [5.41, 5.74) is 0. The molecule has 0 aliphatic heterocycles. The monoisotopic (exact) mass is 282 g/mol. The van der Waals surface area contributed by atoms with Crippen molar-refractivity contribution in [3.8, 4) is 5.88 Å².